The number of carboxylic acid groups (broad SMARTS) is 1. The second-order valence-corrected chi connectivity index (χ2v) is 3.47. The number of carboxylic acids is 1. The first kappa shape index (κ1) is 12.1. The first-order valence-electron chi connectivity index (χ1n) is 3.87. The number of carbonyl (C=O) groups is 1. The van der Waals surface area contributed by atoms with E-state index in [-0.39, 0.29) is 0 Å². The van der Waals surface area contributed by atoms with Crippen molar-refractivity contribution in [2.75, 3.05) is 0 Å². The molecule has 0 aromatic heterocycles. The van der Waals surface area contributed by atoms with Crippen LogP contribution in [0.1, 0.15) is 12.8 Å². The Morgan fingerprint density at radius 3 is 1.80 bits per heavy atom. The van der Waals surface area contributed by atoms with E-state index in [2.05, 4.69) is 0 Å². The lowest BCUT2D eigenvalue weighted by Crippen LogP contribution is -2.40. The lowest BCUT2D eigenvalue weighted by atomic mass is 10.0. The van der Waals surface area contributed by atoms with E-state index in [4.69, 9.17) is 5.11 Å². The highest BCUT2D eigenvalue weighted by atomic mass is 19.4. The summed E-state index contributed by atoms with van der Waals surface area (Å²) in [5.74, 6) is -3.55. The third-order valence-corrected chi connectivity index (χ3v) is 2.54. The van der Waals surface area contributed by atoms with Crippen LogP contribution >= 0.6 is 0 Å². The van der Waals surface area contributed by atoms with E-state index in [0.29, 0.717) is 0 Å². The van der Waals surface area contributed by atoms with Crippen molar-refractivity contribution in [3.8, 4) is 0 Å². The van der Waals surface area contributed by atoms with Crippen molar-refractivity contribution in [2.24, 2.45) is 11.3 Å². The van der Waals surface area contributed by atoms with Crippen LogP contribution in [-0.4, -0.2) is 23.4 Å². The molecular formula is C7H6F6O2. The van der Waals surface area contributed by atoms with E-state index >= 15 is 0 Å². The average molecular weight is 236 g/mol. The summed E-state index contributed by atoms with van der Waals surface area (Å²) in [6, 6.07) is 0. The molecule has 1 rings (SSSR count). The second-order valence-electron chi connectivity index (χ2n) is 3.47. The molecule has 8 heteroatoms. The van der Waals surface area contributed by atoms with Crippen molar-refractivity contribution in [3.63, 3.8) is 0 Å². The number of hydrogen-bond donors (Lipinski definition) is 1. The standard InChI is InChI=1S/C7H6F6O2/c8-6(9,10)5(7(11,12)13)2-3(5)1-4(14)15/h3H,1-2H2,(H,14,15). The SMILES string of the molecule is O=C(O)CC1CC1(C(F)(F)F)C(F)(F)F. The summed E-state index contributed by atoms with van der Waals surface area (Å²) in [7, 11) is 0. The van der Waals surface area contributed by atoms with Crippen molar-refractivity contribution in [1.29, 1.82) is 0 Å². The molecule has 0 spiro atoms. The van der Waals surface area contributed by atoms with Crippen LogP contribution in [0.3, 0.4) is 0 Å². The highest BCUT2D eigenvalue weighted by Crippen LogP contribution is 2.71. The topological polar surface area (TPSA) is 37.3 Å². The summed E-state index contributed by atoms with van der Waals surface area (Å²) in [4.78, 5) is 10.1. The van der Waals surface area contributed by atoms with Crippen LogP contribution < -0.4 is 0 Å². The maximum atomic E-state index is 12.2. The number of hydrogen-bond acceptors (Lipinski definition) is 1. The fourth-order valence-corrected chi connectivity index (χ4v) is 1.64. The minimum atomic E-state index is -5.44. The normalized spacial score (nSPS) is 25.1. The molecule has 0 radical (unpaired) electrons. The van der Waals surface area contributed by atoms with E-state index in [1.807, 2.05) is 0 Å². The third kappa shape index (κ3) is 1.76. The molecule has 1 aliphatic rings. The van der Waals surface area contributed by atoms with Crippen molar-refractivity contribution < 1.29 is 36.2 Å². The Morgan fingerprint density at radius 1 is 1.20 bits per heavy atom. The van der Waals surface area contributed by atoms with Gasteiger partial charge in [-0.05, 0) is 12.3 Å². The Morgan fingerprint density at radius 2 is 1.60 bits per heavy atom. The molecule has 88 valence electrons. The van der Waals surface area contributed by atoms with Gasteiger partial charge in [0, 0.05) is 6.42 Å². The lowest BCUT2D eigenvalue weighted by Gasteiger charge is -2.23. The molecule has 0 saturated heterocycles. The van der Waals surface area contributed by atoms with E-state index in [1.165, 1.54) is 0 Å². The van der Waals surface area contributed by atoms with Crippen LogP contribution in [0.2, 0.25) is 0 Å². The van der Waals surface area contributed by atoms with E-state index in [9.17, 15) is 31.1 Å². The summed E-state index contributed by atoms with van der Waals surface area (Å²) in [6.45, 7) is 0. The molecule has 1 fully saturated rings. The van der Waals surface area contributed by atoms with Gasteiger partial charge in [0.2, 0.25) is 0 Å². The summed E-state index contributed by atoms with van der Waals surface area (Å²) in [6.07, 6.45) is -13.2. The zero-order valence-electron chi connectivity index (χ0n) is 7.11. The summed E-state index contributed by atoms with van der Waals surface area (Å²) in [5, 5.41) is 8.15. The molecule has 1 saturated carbocycles. The molecule has 0 heterocycles. The van der Waals surface area contributed by atoms with Crippen molar-refractivity contribution in [2.45, 2.75) is 25.2 Å². The zero-order valence-corrected chi connectivity index (χ0v) is 7.11. The quantitative estimate of drug-likeness (QED) is 0.748. The van der Waals surface area contributed by atoms with Gasteiger partial charge in [0.15, 0.2) is 5.41 Å². The highest BCUT2D eigenvalue weighted by molar-refractivity contribution is 5.67. The molecule has 1 N–H and O–H groups in total. The number of alkyl halides is 6. The largest absolute Gasteiger partial charge is 0.481 e. The zero-order chi connectivity index (χ0) is 12.1. The number of halogens is 6. The van der Waals surface area contributed by atoms with Gasteiger partial charge in [-0.1, -0.05) is 0 Å². The second kappa shape index (κ2) is 3.02. The van der Waals surface area contributed by atoms with E-state index in [1.54, 1.807) is 0 Å². The predicted octanol–water partition coefficient (Wildman–Crippen LogP) is 2.59. The number of rotatable bonds is 2. The summed E-state index contributed by atoms with van der Waals surface area (Å²) in [5.41, 5.74) is -3.81. The van der Waals surface area contributed by atoms with Crippen LogP contribution in [0.5, 0.6) is 0 Å². The fourth-order valence-electron chi connectivity index (χ4n) is 1.64. The summed E-state index contributed by atoms with van der Waals surface area (Å²) < 4.78 is 73.1. The molecule has 0 aromatic rings. The van der Waals surface area contributed by atoms with Crippen LogP contribution in [-0.2, 0) is 4.79 Å². The average Bonchev–Trinajstić information content (AvgIpc) is 2.57. The molecule has 2 nitrogen and oxygen atoms in total. The first-order valence-corrected chi connectivity index (χ1v) is 3.87. The van der Waals surface area contributed by atoms with Crippen molar-refractivity contribution >= 4 is 5.97 Å². The van der Waals surface area contributed by atoms with Crippen molar-refractivity contribution in [3.05, 3.63) is 0 Å². The third-order valence-electron chi connectivity index (χ3n) is 2.54. The fraction of sp³-hybridized carbons (Fsp3) is 0.857. The molecule has 1 atom stereocenters. The smallest absolute Gasteiger partial charge is 0.403 e. The molecule has 1 aliphatic carbocycles. The van der Waals surface area contributed by atoms with Crippen LogP contribution in [0, 0.1) is 11.3 Å². The molecule has 0 bridgehead atoms. The Hall–Kier alpha value is -0.950. The molecule has 15 heavy (non-hydrogen) atoms. The number of aliphatic carboxylic acids is 1. The Balaban J connectivity index is 2.92. The van der Waals surface area contributed by atoms with Gasteiger partial charge in [0.1, 0.15) is 0 Å². The monoisotopic (exact) mass is 236 g/mol. The predicted molar refractivity (Wildman–Crippen MR) is 34.9 cm³/mol. The maximum Gasteiger partial charge on any atom is 0.403 e. The van der Waals surface area contributed by atoms with Crippen LogP contribution in [0.15, 0.2) is 0 Å². The van der Waals surface area contributed by atoms with Gasteiger partial charge in [-0.15, -0.1) is 0 Å². The van der Waals surface area contributed by atoms with Gasteiger partial charge >= 0.3 is 18.3 Å². The summed E-state index contributed by atoms with van der Waals surface area (Å²) >= 11 is 0. The molecular weight excluding hydrogens is 230 g/mol. The van der Waals surface area contributed by atoms with Gasteiger partial charge < -0.3 is 5.11 Å². The van der Waals surface area contributed by atoms with Crippen molar-refractivity contribution in [1.82, 2.24) is 0 Å². The van der Waals surface area contributed by atoms with E-state index < -0.39 is 42.5 Å². The Bertz CT molecular complexity index is 264. The van der Waals surface area contributed by atoms with Gasteiger partial charge in [-0.3, -0.25) is 4.79 Å². The van der Waals surface area contributed by atoms with E-state index in [0.717, 1.165) is 0 Å². The molecule has 0 aromatic carbocycles. The highest BCUT2D eigenvalue weighted by Gasteiger charge is 2.83. The molecule has 0 aliphatic heterocycles. The molecule has 0 amide bonds. The minimum Gasteiger partial charge on any atom is -0.481 e. The first-order chi connectivity index (χ1) is 6.52. The van der Waals surface area contributed by atoms with Gasteiger partial charge in [0.05, 0.1) is 0 Å². The molecule has 1 unspecified atom stereocenters. The minimum absolute atomic E-state index is 1.11. The maximum absolute atomic E-state index is 12.2. The Kier molecular flexibility index (Phi) is 2.44. The van der Waals surface area contributed by atoms with Crippen LogP contribution in [0.25, 0.3) is 0 Å². The van der Waals surface area contributed by atoms with Gasteiger partial charge in [-0.25, -0.2) is 0 Å². The lowest BCUT2D eigenvalue weighted by molar-refractivity contribution is -0.305. The van der Waals surface area contributed by atoms with Gasteiger partial charge in [0.25, 0.3) is 0 Å². The Labute approximate surface area is 79.9 Å². The van der Waals surface area contributed by atoms with Crippen LogP contribution in [0.4, 0.5) is 26.3 Å². The van der Waals surface area contributed by atoms with Gasteiger partial charge in [-0.2, -0.15) is 26.3 Å².